The third-order valence-corrected chi connectivity index (χ3v) is 4.29. The van der Waals surface area contributed by atoms with Crippen molar-refractivity contribution in [1.29, 1.82) is 0 Å². The molecular weight excluding hydrogens is 262 g/mol. The van der Waals surface area contributed by atoms with Crippen molar-refractivity contribution in [2.24, 2.45) is 0 Å². The van der Waals surface area contributed by atoms with E-state index in [4.69, 9.17) is 16.3 Å². The number of halogens is 1. The largest absolute Gasteiger partial charge is 0.495 e. The van der Waals surface area contributed by atoms with E-state index in [1.54, 1.807) is 7.11 Å². The van der Waals surface area contributed by atoms with Gasteiger partial charge in [0.2, 0.25) is 0 Å². The fraction of sp³-hybridized carbons (Fsp3) is 0.600. The van der Waals surface area contributed by atoms with Gasteiger partial charge in [0, 0.05) is 12.1 Å². The summed E-state index contributed by atoms with van der Waals surface area (Å²) in [6, 6.07) is 5.80. The minimum atomic E-state index is -0.106. The highest BCUT2D eigenvalue weighted by Crippen LogP contribution is 2.29. The van der Waals surface area contributed by atoms with Crippen molar-refractivity contribution in [3.63, 3.8) is 0 Å². The average Bonchev–Trinajstić information content (AvgIpc) is 2.46. The first-order valence-electron chi connectivity index (χ1n) is 6.87. The number of benzene rings is 1. The van der Waals surface area contributed by atoms with Crippen molar-refractivity contribution < 1.29 is 9.84 Å². The average molecular weight is 284 g/mol. The van der Waals surface area contributed by atoms with Crippen LogP contribution in [0.4, 0.5) is 0 Å². The monoisotopic (exact) mass is 283 g/mol. The second-order valence-corrected chi connectivity index (χ2v) is 5.73. The van der Waals surface area contributed by atoms with Crippen LogP contribution in [-0.4, -0.2) is 24.4 Å². The number of hydrogen-bond donors (Lipinski definition) is 2. The van der Waals surface area contributed by atoms with Crippen molar-refractivity contribution in [2.45, 2.75) is 44.2 Å². The van der Waals surface area contributed by atoms with Crippen molar-refractivity contribution in [2.75, 3.05) is 13.7 Å². The number of ether oxygens (including phenoxy) is 1. The summed E-state index contributed by atoms with van der Waals surface area (Å²) in [5.74, 6) is 0.694. The molecule has 19 heavy (non-hydrogen) atoms. The summed E-state index contributed by atoms with van der Waals surface area (Å²) >= 11 is 6.12. The first kappa shape index (κ1) is 14.6. The van der Waals surface area contributed by atoms with Crippen LogP contribution < -0.4 is 10.1 Å². The van der Waals surface area contributed by atoms with Gasteiger partial charge in [0.25, 0.3) is 0 Å². The molecule has 1 aromatic rings. The highest BCUT2D eigenvalue weighted by molar-refractivity contribution is 6.32. The zero-order valence-corrected chi connectivity index (χ0v) is 12.2. The molecule has 0 heterocycles. The third kappa shape index (κ3) is 3.62. The smallest absolute Gasteiger partial charge is 0.137 e. The van der Waals surface area contributed by atoms with E-state index in [2.05, 4.69) is 5.32 Å². The molecular formula is C15H22ClNO2. The zero-order chi connectivity index (χ0) is 13.7. The van der Waals surface area contributed by atoms with Gasteiger partial charge in [-0.1, -0.05) is 36.9 Å². The Morgan fingerprint density at radius 3 is 2.63 bits per heavy atom. The predicted molar refractivity (Wildman–Crippen MR) is 77.7 cm³/mol. The Morgan fingerprint density at radius 2 is 2.05 bits per heavy atom. The maximum atomic E-state index is 9.65. The van der Waals surface area contributed by atoms with Crippen LogP contribution in [0.25, 0.3) is 0 Å². The van der Waals surface area contributed by atoms with Crippen LogP contribution in [0.5, 0.6) is 5.75 Å². The number of aliphatic hydroxyl groups excluding tert-OH is 1. The highest BCUT2D eigenvalue weighted by atomic mass is 35.5. The van der Waals surface area contributed by atoms with E-state index in [0.29, 0.717) is 10.8 Å². The van der Waals surface area contributed by atoms with Crippen LogP contribution in [0.15, 0.2) is 18.2 Å². The second kappa shape index (κ2) is 6.60. The summed E-state index contributed by atoms with van der Waals surface area (Å²) < 4.78 is 5.14. The molecule has 0 aromatic heterocycles. The van der Waals surface area contributed by atoms with Crippen LogP contribution in [0.3, 0.4) is 0 Å². The minimum Gasteiger partial charge on any atom is -0.495 e. The molecule has 0 aliphatic heterocycles. The summed E-state index contributed by atoms with van der Waals surface area (Å²) in [7, 11) is 1.61. The Morgan fingerprint density at radius 1 is 1.32 bits per heavy atom. The molecule has 0 bridgehead atoms. The van der Waals surface area contributed by atoms with Crippen LogP contribution in [0.2, 0.25) is 5.02 Å². The van der Waals surface area contributed by atoms with Gasteiger partial charge in [0.15, 0.2) is 0 Å². The summed E-state index contributed by atoms with van der Waals surface area (Å²) in [6.07, 6.45) is 5.76. The molecule has 2 N–H and O–H groups in total. The molecule has 106 valence electrons. The van der Waals surface area contributed by atoms with Gasteiger partial charge in [-0.25, -0.2) is 0 Å². The van der Waals surface area contributed by atoms with Crippen LogP contribution >= 0.6 is 11.6 Å². The van der Waals surface area contributed by atoms with Crippen molar-refractivity contribution in [1.82, 2.24) is 5.32 Å². The molecule has 0 atom stereocenters. The minimum absolute atomic E-state index is 0.106. The quantitative estimate of drug-likeness (QED) is 0.872. The molecule has 0 radical (unpaired) electrons. The number of nitrogens with one attached hydrogen (secondary N) is 1. The fourth-order valence-electron chi connectivity index (χ4n) is 2.73. The van der Waals surface area contributed by atoms with E-state index in [1.807, 2.05) is 18.2 Å². The van der Waals surface area contributed by atoms with Crippen molar-refractivity contribution >= 4 is 11.6 Å². The predicted octanol–water partition coefficient (Wildman–Crippen LogP) is 3.13. The lowest BCUT2D eigenvalue weighted by Gasteiger charge is -2.36. The van der Waals surface area contributed by atoms with E-state index < -0.39 is 0 Å². The molecule has 1 aromatic carbocycles. The van der Waals surface area contributed by atoms with Gasteiger partial charge in [0.1, 0.15) is 5.75 Å². The second-order valence-electron chi connectivity index (χ2n) is 5.32. The number of hydrogen-bond acceptors (Lipinski definition) is 3. The Hall–Kier alpha value is -0.770. The zero-order valence-electron chi connectivity index (χ0n) is 11.4. The lowest BCUT2D eigenvalue weighted by Crippen LogP contribution is -2.49. The molecule has 0 saturated heterocycles. The Bertz CT molecular complexity index is 417. The van der Waals surface area contributed by atoms with E-state index >= 15 is 0 Å². The van der Waals surface area contributed by atoms with Gasteiger partial charge < -0.3 is 15.2 Å². The number of methoxy groups -OCH3 is 1. The summed E-state index contributed by atoms with van der Waals surface area (Å²) in [6.45, 7) is 0.932. The standard InChI is InChI=1S/C15H22ClNO2/c1-19-14-6-5-12(9-13(14)16)10-17-15(11-18)7-3-2-4-8-15/h5-6,9,17-18H,2-4,7-8,10-11H2,1H3. The number of rotatable bonds is 5. The van der Waals surface area contributed by atoms with Gasteiger partial charge in [-0.05, 0) is 30.5 Å². The van der Waals surface area contributed by atoms with E-state index in [1.165, 1.54) is 19.3 Å². The highest BCUT2D eigenvalue weighted by Gasteiger charge is 2.30. The third-order valence-electron chi connectivity index (χ3n) is 4.00. The summed E-state index contributed by atoms with van der Waals surface area (Å²) in [5.41, 5.74) is 1.01. The molecule has 2 rings (SSSR count). The Labute approximate surface area is 119 Å². The number of aliphatic hydroxyl groups is 1. The van der Waals surface area contributed by atoms with Gasteiger partial charge >= 0.3 is 0 Å². The van der Waals surface area contributed by atoms with Crippen molar-refractivity contribution in [3.05, 3.63) is 28.8 Å². The molecule has 1 aliphatic carbocycles. The molecule has 0 spiro atoms. The summed E-state index contributed by atoms with van der Waals surface area (Å²) in [4.78, 5) is 0. The van der Waals surface area contributed by atoms with Gasteiger partial charge in [0.05, 0.1) is 18.7 Å². The normalized spacial score (nSPS) is 18.3. The van der Waals surface area contributed by atoms with Crippen LogP contribution in [-0.2, 0) is 6.54 Å². The first-order chi connectivity index (χ1) is 9.19. The Balaban J connectivity index is 1.99. The molecule has 0 unspecified atom stereocenters. The lowest BCUT2D eigenvalue weighted by molar-refractivity contribution is 0.119. The topological polar surface area (TPSA) is 41.5 Å². The van der Waals surface area contributed by atoms with Crippen molar-refractivity contribution in [3.8, 4) is 5.75 Å². The molecule has 1 aliphatic rings. The van der Waals surface area contributed by atoms with E-state index in [-0.39, 0.29) is 12.1 Å². The van der Waals surface area contributed by atoms with Gasteiger partial charge in [-0.3, -0.25) is 0 Å². The van der Waals surface area contributed by atoms with Gasteiger partial charge in [-0.2, -0.15) is 0 Å². The first-order valence-corrected chi connectivity index (χ1v) is 7.25. The molecule has 1 saturated carbocycles. The van der Waals surface area contributed by atoms with Crippen LogP contribution in [0.1, 0.15) is 37.7 Å². The maximum absolute atomic E-state index is 9.65. The van der Waals surface area contributed by atoms with Crippen LogP contribution in [0, 0.1) is 0 Å². The van der Waals surface area contributed by atoms with E-state index in [0.717, 1.165) is 24.9 Å². The molecule has 3 nitrogen and oxygen atoms in total. The molecule has 1 fully saturated rings. The SMILES string of the molecule is COc1ccc(CNC2(CO)CCCCC2)cc1Cl. The fourth-order valence-corrected chi connectivity index (χ4v) is 3.01. The maximum Gasteiger partial charge on any atom is 0.137 e. The summed E-state index contributed by atoms with van der Waals surface area (Å²) in [5, 5.41) is 13.8. The Kier molecular flexibility index (Phi) is 5.08. The van der Waals surface area contributed by atoms with Gasteiger partial charge in [-0.15, -0.1) is 0 Å². The molecule has 0 amide bonds. The lowest BCUT2D eigenvalue weighted by atomic mass is 9.82. The molecule has 4 heteroatoms. The van der Waals surface area contributed by atoms with E-state index in [9.17, 15) is 5.11 Å².